The number of cyclic esters (lactones) is 2. The molecule has 0 bridgehead atoms. The number of nitrogens with zero attached hydrogens (tertiary/aromatic N) is 3. The lowest BCUT2D eigenvalue weighted by molar-refractivity contribution is -0.163. The lowest BCUT2D eigenvalue weighted by atomic mass is 9.91. The van der Waals surface area contributed by atoms with Crippen LogP contribution in [-0.4, -0.2) is 174 Å². The van der Waals surface area contributed by atoms with E-state index in [1.54, 1.807) is 96.1 Å². The number of esters is 2. The van der Waals surface area contributed by atoms with Crippen molar-refractivity contribution < 1.29 is 72.1 Å². The smallest absolute Gasteiger partial charge is 0.329 e. The van der Waals surface area contributed by atoms with Crippen molar-refractivity contribution in [3.8, 4) is 5.75 Å². The second-order valence-electron chi connectivity index (χ2n) is 24.1. The van der Waals surface area contributed by atoms with Crippen LogP contribution in [0.15, 0.2) is 78.9 Å². The van der Waals surface area contributed by atoms with E-state index in [9.17, 15) is 48.3 Å². The van der Waals surface area contributed by atoms with Gasteiger partial charge in [0.15, 0.2) is 17.7 Å². The molecular formula is C65H89N7O15. The number of ketones is 2. The second-order valence-corrected chi connectivity index (χ2v) is 24.1. The highest BCUT2D eigenvalue weighted by Gasteiger charge is 2.45. The zero-order valence-corrected chi connectivity index (χ0v) is 52.5. The molecule has 2 saturated heterocycles. The number of Topliss-reactive ketones (excluding diaryl/α,β-unsaturated/α-hetero) is 1. The molecule has 0 spiro atoms. The van der Waals surface area contributed by atoms with Crippen LogP contribution in [0.1, 0.15) is 140 Å². The molecule has 5 rings (SSSR count). The predicted octanol–water partition coefficient (Wildman–Crippen LogP) is 4.61. The van der Waals surface area contributed by atoms with Gasteiger partial charge in [-0.15, -0.1) is 0 Å². The summed E-state index contributed by atoms with van der Waals surface area (Å²) in [4.78, 5) is 161. The monoisotopic (exact) mass is 1210 g/mol. The molecule has 3 aromatic carbocycles. The van der Waals surface area contributed by atoms with Crippen molar-refractivity contribution in [2.45, 2.75) is 169 Å². The molecule has 474 valence electrons. The number of fused-ring (bicyclic) bond motifs is 1. The maximum atomic E-state index is 15.1. The van der Waals surface area contributed by atoms with Gasteiger partial charge in [0, 0.05) is 43.8 Å². The third-order valence-corrected chi connectivity index (χ3v) is 16.2. The van der Waals surface area contributed by atoms with Gasteiger partial charge in [0.2, 0.25) is 35.4 Å². The third kappa shape index (κ3) is 18.7. The van der Waals surface area contributed by atoms with Crippen molar-refractivity contribution in [2.24, 2.45) is 29.6 Å². The number of ether oxygens (including phenoxy) is 3. The normalized spacial score (nSPS) is 23.9. The van der Waals surface area contributed by atoms with Crippen molar-refractivity contribution in [3.63, 3.8) is 0 Å². The Bertz CT molecular complexity index is 2920. The number of amides is 7. The van der Waals surface area contributed by atoms with Gasteiger partial charge in [-0.3, -0.25) is 47.9 Å². The van der Waals surface area contributed by atoms with Crippen LogP contribution in [0.4, 0.5) is 0 Å². The van der Waals surface area contributed by atoms with Gasteiger partial charge < -0.3 is 55.3 Å². The van der Waals surface area contributed by atoms with Crippen LogP contribution in [0.3, 0.4) is 0 Å². The second kappa shape index (κ2) is 32.1. The number of aliphatic hydroxyl groups excluding tert-OH is 1. The molecule has 7 amide bonds. The molecule has 2 aliphatic heterocycles. The summed E-state index contributed by atoms with van der Waals surface area (Å²) >= 11 is 0. The first-order valence-corrected chi connectivity index (χ1v) is 30.0. The average Bonchev–Trinajstić information content (AvgIpc) is 3.00. The Hall–Kier alpha value is -8.01. The summed E-state index contributed by atoms with van der Waals surface area (Å²) in [5, 5.41) is 22.7. The van der Waals surface area contributed by atoms with Crippen molar-refractivity contribution in [1.29, 1.82) is 0 Å². The molecule has 5 unspecified atom stereocenters. The fourth-order valence-electron chi connectivity index (χ4n) is 10.7. The molecule has 22 nitrogen and oxygen atoms in total. The lowest BCUT2D eigenvalue weighted by Crippen LogP contribution is -2.61. The van der Waals surface area contributed by atoms with Crippen LogP contribution in [-0.2, 0) is 59.0 Å². The van der Waals surface area contributed by atoms with Crippen molar-refractivity contribution >= 4 is 64.9 Å². The zero-order chi connectivity index (χ0) is 64.6. The molecule has 0 radical (unpaired) electrons. The van der Waals surface area contributed by atoms with E-state index < -0.39 is 144 Å². The Kier molecular flexibility index (Phi) is 25.7. The van der Waals surface area contributed by atoms with Gasteiger partial charge in [-0.2, -0.15) is 0 Å². The number of carbonyl (C=O) groups excluding carboxylic acids is 11. The van der Waals surface area contributed by atoms with E-state index >= 15 is 9.59 Å². The first kappa shape index (κ1) is 69.8. The molecule has 0 saturated carbocycles. The molecule has 87 heavy (non-hydrogen) atoms. The molecular weight excluding hydrogens is 1120 g/mol. The predicted molar refractivity (Wildman–Crippen MR) is 322 cm³/mol. The van der Waals surface area contributed by atoms with Crippen LogP contribution < -0.4 is 26.0 Å². The topological polar surface area (TPSA) is 294 Å². The van der Waals surface area contributed by atoms with Gasteiger partial charge in [0.05, 0.1) is 38.1 Å². The van der Waals surface area contributed by atoms with Crippen LogP contribution in [0.2, 0.25) is 0 Å². The number of likely N-dealkylation sites (N-methyl/N-ethyl adjacent to an activating group) is 2. The first-order valence-electron chi connectivity index (χ1n) is 30.0. The summed E-state index contributed by atoms with van der Waals surface area (Å²) in [6.07, 6.45) is -4.52. The first-order chi connectivity index (χ1) is 41.1. The molecule has 0 aliphatic carbocycles. The minimum atomic E-state index is -1.79. The van der Waals surface area contributed by atoms with Crippen LogP contribution in [0.25, 0.3) is 0 Å². The number of aliphatic hydroxyl groups is 1. The summed E-state index contributed by atoms with van der Waals surface area (Å²) in [6, 6.07) is 13.2. The summed E-state index contributed by atoms with van der Waals surface area (Å²) < 4.78 is 17.3. The molecule has 2 fully saturated rings. The van der Waals surface area contributed by atoms with E-state index in [2.05, 4.69) is 21.3 Å². The molecule has 3 aromatic rings. The fourth-order valence-corrected chi connectivity index (χ4v) is 10.7. The fraction of sp³-hybridized carbons (Fsp3) is 0.554. The van der Waals surface area contributed by atoms with Crippen molar-refractivity contribution in [2.75, 3.05) is 34.3 Å². The Labute approximate surface area is 510 Å². The maximum absolute atomic E-state index is 15.1. The molecule has 0 aromatic heterocycles. The van der Waals surface area contributed by atoms with Gasteiger partial charge in [0.1, 0.15) is 42.1 Å². The number of rotatable bonds is 18. The summed E-state index contributed by atoms with van der Waals surface area (Å²) in [6.45, 7) is 16.2. The molecule has 22 heteroatoms. The largest absolute Gasteiger partial charge is 0.497 e. The van der Waals surface area contributed by atoms with Gasteiger partial charge >= 0.3 is 11.9 Å². The molecule has 5 N–H and O–H groups in total. The van der Waals surface area contributed by atoms with Crippen LogP contribution >= 0.6 is 0 Å². The van der Waals surface area contributed by atoms with Crippen molar-refractivity contribution in [1.82, 2.24) is 36.0 Å². The van der Waals surface area contributed by atoms with Crippen molar-refractivity contribution in [3.05, 3.63) is 101 Å². The average molecular weight is 1210 g/mol. The number of hydrogen-bond donors (Lipinski definition) is 5. The van der Waals surface area contributed by atoms with E-state index in [-0.39, 0.29) is 55.4 Å². The van der Waals surface area contributed by atoms with Gasteiger partial charge in [-0.25, -0.2) is 4.79 Å². The maximum Gasteiger partial charge on any atom is 0.329 e. The highest BCUT2D eigenvalue weighted by Crippen LogP contribution is 2.26. The summed E-state index contributed by atoms with van der Waals surface area (Å²) in [5.41, 5.74) is 1.53. The van der Waals surface area contributed by atoms with E-state index in [0.29, 0.717) is 35.3 Å². The van der Waals surface area contributed by atoms with Gasteiger partial charge in [-0.1, -0.05) is 116 Å². The SMILES string of the molecule is CC[C@H](C)C1NC(=O)C(NC(=O)[C@@H](CC(C)C)N(C)C(=O)CNC(=O)c2ccc(C(=O)c3ccccc3)cc2)[C@@H](C)OC(=O)C(Cc2ccc(OC)cc2)N(C)C(=O)[C@@H]2CCCN2C(=O)C(CC(C)C)NC(=O)[C@@H](C)C(=O)C(C(C)C)OC(=O)C[C@@H]1O. The van der Waals surface area contributed by atoms with Crippen LogP contribution in [0.5, 0.6) is 5.75 Å². The number of carbonyl (C=O) groups is 11. The Morgan fingerprint density at radius 2 is 1.41 bits per heavy atom. The quantitative estimate of drug-likeness (QED) is 0.0661. The Morgan fingerprint density at radius 1 is 0.793 bits per heavy atom. The number of benzene rings is 3. The summed E-state index contributed by atoms with van der Waals surface area (Å²) in [5.74, 6) is -10.8. The van der Waals surface area contributed by atoms with E-state index in [0.717, 1.165) is 4.90 Å². The highest BCUT2D eigenvalue weighted by atomic mass is 16.6. The molecule has 2 heterocycles. The summed E-state index contributed by atoms with van der Waals surface area (Å²) in [7, 11) is 4.23. The Balaban J connectivity index is 1.54. The van der Waals surface area contributed by atoms with Gasteiger partial charge in [-0.05, 0) is 93.0 Å². The standard InChI is InChI=1S/C65H89N7O15/c1-14-39(8)54-51(73)34-53(75)87-58(38(6)7)56(76)40(9)59(78)67-47(31-36(2)3)63(82)72-30-18-21-48(72)64(83)71(12)50(33-42-22-28-46(85-13)29-23-42)65(84)86-41(10)55(62(81)68-54)69-61(80)49(32-37(4)5)70(11)52(74)35-66-60(79)45-26-24-44(25-27-45)57(77)43-19-16-15-17-20-43/h15-17,19-20,22-29,36-41,47-51,54-55,58,73H,14,18,21,30-35H2,1-13H3,(H,66,79)(H,67,78)(H,68,81)(H,69,80)/t39-,40-,41+,47?,48-,49+,50?,51-,54?,55?,58?/m0/s1. The molecule has 11 atom stereocenters. The van der Waals surface area contributed by atoms with E-state index in [4.69, 9.17) is 14.2 Å². The minimum absolute atomic E-state index is 0.0381. The van der Waals surface area contributed by atoms with Gasteiger partial charge in [0.25, 0.3) is 5.91 Å². The van der Waals surface area contributed by atoms with Crippen LogP contribution in [0, 0.1) is 29.6 Å². The molecule has 2 aliphatic rings. The Morgan fingerprint density at radius 3 is 2.00 bits per heavy atom. The van der Waals surface area contributed by atoms with E-state index in [1.807, 2.05) is 13.8 Å². The highest BCUT2D eigenvalue weighted by molar-refractivity contribution is 6.09. The zero-order valence-electron chi connectivity index (χ0n) is 52.5. The number of methoxy groups -OCH3 is 1. The van der Waals surface area contributed by atoms with E-state index in [1.165, 1.54) is 69.1 Å². The lowest BCUT2D eigenvalue weighted by Gasteiger charge is -2.36. The number of nitrogens with one attached hydrogen (secondary N) is 4. The third-order valence-electron chi connectivity index (χ3n) is 16.2. The minimum Gasteiger partial charge on any atom is -0.497 e. The number of hydrogen-bond acceptors (Lipinski definition) is 15.